The predicted molar refractivity (Wildman–Crippen MR) is 77.5 cm³/mol. The fourth-order valence-electron chi connectivity index (χ4n) is 2.46. The van der Waals surface area contributed by atoms with Gasteiger partial charge in [0.15, 0.2) is 0 Å². The van der Waals surface area contributed by atoms with Gasteiger partial charge in [0.1, 0.15) is 6.33 Å². The van der Waals surface area contributed by atoms with E-state index >= 15 is 0 Å². The van der Waals surface area contributed by atoms with Gasteiger partial charge in [0, 0.05) is 49.3 Å². The second-order valence-electron chi connectivity index (χ2n) is 4.86. The lowest BCUT2D eigenvalue weighted by Crippen LogP contribution is -2.25. The van der Waals surface area contributed by atoms with Crippen molar-refractivity contribution in [1.29, 1.82) is 0 Å². The Morgan fingerprint density at radius 2 is 2.15 bits per heavy atom. The Labute approximate surface area is 117 Å². The van der Waals surface area contributed by atoms with Crippen molar-refractivity contribution in [3.05, 3.63) is 48.0 Å². The predicted octanol–water partition coefficient (Wildman–Crippen LogP) is 2.00. The number of carbonyl (C=O) groups excluding carboxylic acids is 1. The molecule has 0 unspecified atom stereocenters. The average molecular weight is 268 g/mol. The monoisotopic (exact) mass is 268 g/mol. The van der Waals surface area contributed by atoms with Crippen LogP contribution in [0.2, 0.25) is 0 Å². The summed E-state index contributed by atoms with van der Waals surface area (Å²) < 4.78 is 0. The molecule has 5 heteroatoms. The number of anilines is 2. The minimum atomic E-state index is 0.103. The maximum absolute atomic E-state index is 11.5. The summed E-state index contributed by atoms with van der Waals surface area (Å²) in [5.74, 6) is 0.103. The third kappa shape index (κ3) is 2.47. The van der Waals surface area contributed by atoms with Crippen LogP contribution in [-0.2, 0) is 17.8 Å². The van der Waals surface area contributed by atoms with Gasteiger partial charge in [-0.1, -0.05) is 0 Å². The standard InChI is InChI=1S/C15H16N4O/c1-11(20)19-5-4-13-6-14(2-3-15(13)19)18-9-12-7-16-10-17-8-12/h2-3,6-8,10,18H,4-5,9H2,1H3. The van der Waals surface area contributed by atoms with Crippen LogP contribution in [0.15, 0.2) is 36.9 Å². The minimum Gasteiger partial charge on any atom is -0.381 e. The smallest absolute Gasteiger partial charge is 0.223 e. The molecule has 2 aromatic rings. The van der Waals surface area contributed by atoms with E-state index in [0.29, 0.717) is 6.54 Å². The summed E-state index contributed by atoms with van der Waals surface area (Å²) in [6, 6.07) is 6.12. The Hall–Kier alpha value is -2.43. The molecule has 1 aromatic heterocycles. The lowest BCUT2D eigenvalue weighted by atomic mass is 10.1. The number of hydrogen-bond acceptors (Lipinski definition) is 4. The lowest BCUT2D eigenvalue weighted by molar-refractivity contribution is -0.116. The molecule has 0 saturated carbocycles. The first kappa shape index (κ1) is 12.6. The SMILES string of the molecule is CC(=O)N1CCc2cc(NCc3cncnc3)ccc21. The molecule has 1 aliphatic rings. The highest BCUT2D eigenvalue weighted by atomic mass is 16.2. The molecule has 20 heavy (non-hydrogen) atoms. The van der Waals surface area contributed by atoms with Gasteiger partial charge in [0.2, 0.25) is 5.91 Å². The molecule has 0 radical (unpaired) electrons. The van der Waals surface area contributed by atoms with Crippen molar-refractivity contribution in [1.82, 2.24) is 9.97 Å². The zero-order valence-corrected chi connectivity index (χ0v) is 11.3. The van der Waals surface area contributed by atoms with E-state index in [1.165, 1.54) is 11.9 Å². The van der Waals surface area contributed by atoms with Crippen molar-refractivity contribution in [3.63, 3.8) is 0 Å². The Morgan fingerprint density at radius 1 is 1.35 bits per heavy atom. The molecular weight excluding hydrogens is 252 g/mol. The maximum atomic E-state index is 11.5. The van der Waals surface area contributed by atoms with Crippen LogP contribution in [0.4, 0.5) is 11.4 Å². The van der Waals surface area contributed by atoms with Crippen LogP contribution in [-0.4, -0.2) is 22.4 Å². The highest BCUT2D eigenvalue weighted by Gasteiger charge is 2.21. The molecule has 1 aliphatic heterocycles. The van der Waals surface area contributed by atoms with Crippen LogP contribution in [0.25, 0.3) is 0 Å². The van der Waals surface area contributed by atoms with Gasteiger partial charge in [0.25, 0.3) is 0 Å². The topological polar surface area (TPSA) is 58.1 Å². The van der Waals surface area contributed by atoms with Crippen molar-refractivity contribution in [2.75, 3.05) is 16.8 Å². The first-order chi connectivity index (χ1) is 9.74. The first-order valence-electron chi connectivity index (χ1n) is 6.63. The molecule has 1 amide bonds. The van der Waals surface area contributed by atoms with Crippen molar-refractivity contribution < 1.29 is 4.79 Å². The third-order valence-electron chi connectivity index (χ3n) is 3.47. The molecule has 5 nitrogen and oxygen atoms in total. The van der Waals surface area contributed by atoms with Gasteiger partial charge < -0.3 is 10.2 Å². The Bertz CT molecular complexity index is 627. The third-order valence-corrected chi connectivity index (χ3v) is 3.47. The number of nitrogens with zero attached hydrogens (tertiary/aromatic N) is 3. The molecule has 2 heterocycles. The van der Waals surface area contributed by atoms with Crippen molar-refractivity contribution in [3.8, 4) is 0 Å². The van der Waals surface area contributed by atoms with E-state index in [0.717, 1.165) is 29.9 Å². The summed E-state index contributed by atoms with van der Waals surface area (Å²) in [5.41, 5.74) is 4.34. The molecule has 1 N–H and O–H groups in total. The van der Waals surface area contributed by atoms with Crippen LogP contribution in [0, 0.1) is 0 Å². The highest BCUT2D eigenvalue weighted by molar-refractivity contribution is 5.94. The summed E-state index contributed by atoms with van der Waals surface area (Å²) in [6.07, 6.45) is 6.03. The van der Waals surface area contributed by atoms with Crippen molar-refractivity contribution in [2.24, 2.45) is 0 Å². The van der Waals surface area contributed by atoms with E-state index in [4.69, 9.17) is 0 Å². The van der Waals surface area contributed by atoms with Gasteiger partial charge in [-0.15, -0.1) is 0 Å². The van der Waals surface area contributed by atoms with E-state index in [-0.39, 0.29) is 5.91 Å². The van der Waals surface area contributed by atoms with Crippen molar-refractivity contribution in [2.45, 2.75) is 19.9 Å². The number of rotatable bonds is 3. The van der Waals surface area contributed by atoms with E-state index in [9.17, 15) is 4.79 Å². The number of amides is 1. The molecule has 0 spiro atoms. The fourth-order valence-corrected chi connectivity index (χ4v) is 2.46. The summed E-state index contributed by atoms with van der Waals surface area (Å²) in [6.45, 7) is 3.08. The largest absolute Gasteiger partial charge is 0.381 e. The lowest BCUT2D eigenvalue weighted by Gasteiger charge is -2.15. The molecule has 1 aromatic carbocycles. The molecule has 0 fully saturated rings. The molecule has 0 aliphatic carbocycles. The molecule has 0 saturated heterocycles. The number of benzene rings is 1. The van der Waals surface area contributed by atoms with Gasteiger partial charge in [-0.25, -0.2) is 9.97 Å². The van der Waals surface area contributed by atoms with E-state index < -0.39 is 0 Å². The second kappa shape index (κ2) is 5.28. The zero-order chi connectivity index (χ0) is 13.9. The van der Waals surface area contributed by atoms with Crippen LogP contribution in [0.1, 0.15) is 18.1 Å². The van der Waals surface area contributed by atoms with E-state index in [1.54, 1.807) is 19.3 Å². The maximum Gasteiger partial charge on any atom is 0.223 e. The van der Waals surface area contributed by atoms with Crippen LogP contribution in [0.5, 0.6) is 0 Å². The zero-order valence-electron chi connectivity index (χ0n) is 11.3. The van der Waals surface area contributed by atoms with Gasteiger partial charge in [-0.05, 0) is 30.2 Å². The molecular formula is C15H16N4O. The van der Waals surface area contributed by atoms with Gasteiger partial charge in [-0.3, -0.25) is 4.79 Å². The molecule has 0 bridgehead atoms. The summed E-state index contributed by atoms with van der Waals surface area (Å²) in [4.78, 5) is 21.3. The van der Waals surface area contributed by atoms with Gasteiger partial charge in [0.05, 0.1) is 0 Å². The normalized spacial score (nSPS) is 13.2. The van der Waals surface area contributed by atoms with Crippen LogP contribution >= 0.6 is 0 Å². The minimum absolute atomic E-state index is 0.103. The van der Waals surface area contributed by atoms with Crippen LogP contribution in [0.3, 0.4) is 0 Å². The van der Waals surface area contributed by atoms with E-state index in [2.05, 4.69) is 21.4 Å². The number of nitrogens with one attached hydrogen (secondary N) is 1. The number of aromatic nitrogens is 2. The summed E-state index contributed by atoms with van der Waals surface area (Å²) in [7, 11) is 0. The van der Waals surface area contributed by atoms with E-state index in [1.807, 2.05) is 17.0 Å². The Morgan fingerprint density at radius 3 is 2.90 bits per heavy atom. The second-order valence-corrected chi connectivity index (χ2v) is 4.86. The molecule has 3 rings (SSSR count). The first-order valence-corrected chi connectivity index (χ1v) is 6.63. The quantitative estimate of drug-likeness (QED) is 0.925. The number of fused-ring (bicyclic) bond motifs is 1. The molecule has 0 atom stereocenters. The molecule has 102 valence electrons. The average Bonchev–Trinajstić information content (AvgIpc) is 2.89. The number of carbonyl (C=O) groups is 1. The Kier molecular flexibility index (Phi) is 3.33. The summed E-state index contributed by atoms with van der Waals surface area (Å²) >= 11 is 0. The van der Waals surface area contributed by atoms with Crippen LogP contribution < -0.4 is 10.2 Å². The summed E-state index contributed by atoms with van der Waals surface area (Å²) in [5, 5.41) is 3.35. The fraction of sp³-hybridized carbons (Fsp3) is 0.267. The Balaban J connectivity index is 1.72. The van der Waals surface area contributed by atoms with Gasteiger partial charge in [-0.2, -0.15) is 0 Å². The number of hydrogen-bond donors (Lipinski definition) is 1. The highest BCUT2D eigenvalue weighted by Crippen LogP contribution is 2.30. The van der Waals surface area contributed by atoms with Gasteiger partial charge >= 0.3 is 0 Å². The van der Waals surface area contributed by atoms with Crippen molar-refractivity contribution >= 4 is 17.3 Å².